The van der Waals surface area contributed by atoms with Crippen molar-refractivity contribution in [1.29, 1.82) is 0 Å². The molecule has 0 amide bonds. The fourth-order valence-corrected chi connectivity index (χ4v) is 5.88. The molecule has 0 saturated carbocycles. The Kier molecular flexibility index (Phi) is 3.96. The maximum atomic E-state index is 2.53. The van der Waals surface area contributed by atoms with Crippen LogP contribution in [0.25, 0.3) is 43.6 Å². The Morgan fingerprint density at radius 2 is 0.906 bits per heavy atom. The number of rotatable bonds is 0. The van der Waals surface area contributed by atoms with Gasteiger partial charge in [0.15, 0.2) is 0 Å². The van der Waals surface area contributed by atoms with Crippen LogP contribution < -0.4 is 0 Å². The van der Waals surface area contributed by atoms with Crippen LogP contribution in [0.1, 0.15) is 24.0 Å². The summed E-state index contributed by atoms with van der Waals surface area (Å²) >= 11 is 0. The number of nitrogens with zero attached hydrogens (tertiary/aromatic N) is 2. The van der Waals surface area contributed by atoms with Crippen molar-refractivity contribution in [1.82, 2.24) is 9.13 Å². The van der Waals surface area contributed by atoms with E-state index in [0.717, 1.165) is 32.4 Å². The van der Waals surface area contributed by atoms with Crippen LogP contribution in [0.4, 0.5) is 0 Å². The van der Waals surface area contributed by atoms with E-state index in [2.05, 4.69) is 94.1 Å². The SMILES string of the molecule is c1ccc2c(c1)c1cc3ccc1n2CCCn1c2ccccc2c2cc(ccc21)CCC3. The Labute approximate surface area is 187 Å². The molecule has 156 valence electrons. The monoisotopic (exact) mass is 414 g/mol. The number of fused-ring (bicyclic) bond motifs is 2. The van der Waals surface area contributed by atoms with E-state index < -0.39 is 0 Å². The normalized spacial score (nSPS) is 14.8. The maximum Gasteiger partial charge on any atom is 0.0491 e. The highest BCUT2D eigenvalue weighted by molar-refractivity contribution is 6.09. The topological polar surface area (TPSA) is 9.86 Å². The average molecular weight is 415 g/mol. The Hall–Kier alpha value is -3.52. The second-order valence-corrected chi connectivity index (χ2v) is 9.25. The molecule has 0 N–H and O–H groups in total. The summed E-state index contributed by atoms with van der Waals surface area (Å²) in [5.74, 6) is 0. The van der Waals surface area contributed by atoms with Gasteiger partial charge in [0, 0.05) is 56.7 Å². The zero-order valence-electron chi connectivity index (χ0n) is 18.2. The largest absolute Gasteiger partial charge is 0.340 e. The highest BCUT2D eigenvalue weighted by Crippen LogP contribution is 2.33. The van der Waals surface area contributed by atoms with Gasteiger partial charge in [0.05, 0.1) is 0 Å². The van der Waals surface area contributed by atoms with Crippen molar-refractivity contribution in [3.05, 3.63) is 96.1 Å². The summed E-state index contributed by atoms with van der Waals surface area (Å²) in [7, 11) is 0. The third-order valence-corrected chi connectivity index (χ3v) is 7.37. The Balaban J connectivity index is 1.43. The van der Waals surface area contributed by atoms with Crippen LogP contribution in [-0.4, -0.2) is 9.13 Å². The van der Waals surface area contributed by atoms with E-state index in [4.69, 9.17) is 0 Å². The van der Waals surface area contributed by atoms with E-state index in [1.807, 2.05) is 0 Å². The molecule has 6 aromatic rings. The van der Waals surface area contributed by atoms with Gasteiger partial charge in [-0.15, -0.1) is 0 Å². The van der Waals surface area contributed by atoms with E-state index in [0.29, 0.717) is 0 Å². The third-order valence-electron chi connectivity index (χ3n) is 7.37. The second kappa shape index (κ2) is 7.00. The molecule has 4 aliphatic heterocycles. The highest BCUT2D eigenvalue weighted by Gasteiger charge is 2.14. The molecule has 4 aliphatic rings. The summed E-state index contributed by atoms with van der Waals surface area (Å²) in [6, 6.07) is 32.1. The lowest BCUT2D eigenvalue weighted by Gasteiger charge is -2.12. The van der Waals surface area contributed by atoms with Crippen LogP contribution in [0.2, 0.25) is 0 Å². The molecular formula is C30H26N2. The van der Waals surface area contributed by atoms with Gasteiger partial charge in [-0.25, -0.2) is 0 Å². The molecular weight excluding hydrogens is 388 g/mol. The van der Waals surface area contributed by atoms with Gasteiger partial charge >= 0.3 is 0 Å². The first-order valence-corrected chi connectivity index (χ1v) is 11.9. The van der Waals surface area contributed by atoms with Crippen molar-refractivity contribution in [3.63, 3.8) is 0 Å². The lowest BCUT2D eigenvalue weighted by Crippen LogP contribution is -2.04. The molecule has 0 aliphatic carbocycles. The molecule has 0 saturated heterocycles. The lowest BCUT2D eigenvalue weighted by molar-refractivity contribution is 0.602. The van der Waals surface area contributed by atoms with Crippen molar-refractivity contribution in [2.45, 2.75) is 38.8 Å². The quantitative estimate of drug-likeness (QED) is 0.244. The van der Waals surface area contributed by atoms with Crippen LogP contribution in [0, 0.1) is 0 Å². The minimum Gasteiger partial charge on any atom is -0.340 e. The van der Waals surface area contributed by atoms with Gasteiger partial charge in [-0.2, -0.15) is 0 Å². The van der Waals surface area contributed by atoms with Crippen molar-refractivity contribution < 1.29 is 0 Å². The smallest absolute Gasteiger partial charge is 0.0491 e. The van der Waals surface area contributed by atoms with Crippen molar-refractivity contribution >= 4 is 43.6 Å². The summed E-state index contributed by atoms with van der Waals surface area (Å²) in [4.78, 5) is 0. The van der Waals surface area contributed by atoms with E-state index in [-0.39, 0.29) is 0 Å². The second-order valence-electron chi connectivity index (χ2n) is 9.25. The molecule has 0 radical (unpaired) electrons. The van der Waals surface area contributed by atoms with Gasteiger partial charge < -0.3 is 9.13 Å². The van der Waals surface area contributed by atoms with E-state index in [9.17, 15) is 0 Å². The molecule has 0 atom stereocenters. The lowest BCUT2D eigenvalue weighted by atomic mass is 10.0. The Morgan fingerprint density at radius 3 is 1.44 bits per heavy atom. The predicted molar refractivity (Wildman–Crippen MR) is 136 cm³/mol. The molecule has 4 aromatic carbocycles. The number of aromatic nitrogens is 2. The predicted octanol–water partition coefficient (Wildman–Crippen LogP) is 7.48. The minimum atomic E-state index is 1.02. The van der Waals surface area contributed by atoms with Gasteiger partial charge in [-0.3, -0.25) is 0 Å². The number of hydrogen-bond donors (Lipinski definition) is 0. The van der Waals surface area contributed by atoms with Gasteiger partial charge in [0.1, 0.15) is 0 Å². The molecule has 0 spiro atoms. The Morgan fingerprint density at radius 1 is 0.438 bits per heavy atom. The third kappa shape index (κ3) is 2.65. The summed E-state index contributed by atoms with van der Waals surface area (Å²) in [6.07, 6.45) is 4.52. The number of aryl methyl sites for hydroxylation is 4. The minimum absolute atomic E-state index is 1.02. The number of benzene rings is 4. The molecule has 0 fully saturated rings. The molecule has 8 bridgehead atoms. The first-order chi connectivity index (χ1) is 15.9. The van der Waals surface area contributed by atoms with E-state index in [1.54, 1.807) is 0 Å². The zero-order valence-corrected chi connectivity index (χ0v) is 18.2. The molecule has 2 nitrogen and oxygen atoms in total. The van der Waals surface area contributed by atoms with E-state index in [1.165, 1.54) is 61.2 Å². The summed E-state index contributed by atoms with van der Waals surface area (Å²) < 4.78 is 5.07. The zero-order chi connectivity index (χ0) is 21.1. The summed E-state index contributed by atoms with van der Waals surface area (Å²) in [6.45, 7) is 2.05. The van der Waals surface area contributed by atoms with Crippen LogP contribution in [0.5, 0.6) is 0 Å². The van der Waals surface area contributed by atoms with Crippen LogP contribution in [0.3, 0.4) is 0 Å². The maximum absolute atomic E-state index is 2.53. The average Bonchev–Trinajstić information content (AvgIpc) is 3.31. The van der Waals surface area contributed by atoms with Gasteiger partial charge in [-0.1, -0.05) is 48.5 Å². The fraction of sp³-hybridized carbons (Fsp3) is 0.200. The molecule has 2 aromatic heterocycles. The molecule has 0 unspecified atom stereocenters. The van der Waals surface area contributed by atoms with Crippen LogP contribution in [0.15, 0.2) is 84.9 Å². The van der Waals surface area contributed by atoms with Crippen molar-refractivity contribution in [2.24, 2.45) is 0 Å². The van der Waals surface area contributed by atoms with Crippen molar-refractivity contribution in [3.8, 4) is 0 Å². The standard InChI is InChI=1S/C30H26N2/c1-3-11-27-23(9-1)25-19-21-7-5-8-22-14-16-30-26(20-22)24-10-2-4-12-28(24)32(30)18-6-17-31(27)29(25)15-13-21/h1-4,9-16,19-20H,5-8,17-18H2. The number of hydrogen-bond acceptors (Lipinski definition) is 0. The van der Waals surface area contributed by atoms with E-state index >= 15 is 0 Å². The molecule has 6 heterocycles. The molecule has 32 heavy (non-hydrogen) atoms. The molecule has 2 heteroatoms. The summed E-state index contributed by atoms with van der Waals surface area (Å²) in [5, 5.41) is 5.58. The van der Waals surface area contributed by atoms with Crippen LogP contribution in [-0.2, 0) is 25.9 Å². The van der Waals surface area contributed by atoms with Crippen molar-refractivity contribution in [2.75, 3.05) is 0 Å². The first-order valence-electron chi connectivity index (χ1n) is 11.9. The highest BCUT2D eigenvalue weighted by atomic mass is 15.0. The van der Waals surface area contributed by atoms with Gasteiger partial charge in [-0.05, 0) is 73.2 Å². The Bertz CT molecular complexity index is 1510. The molecule has 10 rings (SSSR count). The first kappa shape index (κ1) is 18.1. The van der Waals surface area contributed by atoms with Gasteiger partial charge in [0.2, 0.25) is 0 Å². The fourth-order valence-electron chi connectivity index (χ4n) is 5.88. The number of para-hydroxylation sites is 2. The van der Waals surface area contributed by atoms with Gasteiger partial charge in [0.25, 0.3) is 0 Å². The summed E-state index contributed by atoms with van der Waals surface area (Å²) in [5.41, 5.74) is 8.35. The van der Waals surface area contributed by atoms with Crippen LogP contribution >= 0.6 is 0 Å².